The summed E-state index contributed by atoms with van der Waals surface area (Å²) in [4.78, 5) is 18.7. The van der Waals surface area contributed by atoms with Crippen molar-refractivity contribution in [3.63, 3.8) is 0 Å². The van der Waals surface area contributed by atoms with Crippen molar-refractivity contribution in [3.8, 4) is 11.1 Å². The van der Waals surface area contributed by atoms with Crippen LogP contribution in [0.1, 0.15) is 64.8 Å². The second kappa shape index (κ2) is 8.97. The molecule has 1 aromatic heterocycles. The molecule has 1 saturated heterocycles. The summed E-state index contributed by atoms with van der Waals surface area (Å²) in [6, 6.07) is 1.82. The van der Waals surface area contributed by atoms with Gasteiger partial charge in [-0.1, -0.05) is 13.8 Å². The molecule has 0 saturated carbocycles. The van der Waals surface area contributed by atoms with Crippen LogP contribution in [0.5, 0.6) is 0 Å². The first kappa shape index (κ1) is 25.0. The molecule has 1 atom stereocenters. The fourth-order valence-corrected chi connectivity index (χ4v) is 4.11. The molecule has 1 aromatic carbocycles. The largest absolute Gasteiger partial charge is 0.479 e. The van der Waals surface area contributed by atoms with Gasteiger partial charge in [-0.2, -0.15) is 0 Å². The highest BCUT2D eigenvalue weighted by molar-refractivity contribution is 5.86. The third-order valence-electron chi connectivity index (χ3n) is 5.97. The zero-order chi connectivity index (χ0) is 24.7. The Morgan fingerprint density at radius 2 is 1.70 bits per heavy atom. The third-order valence-corrected chi connectivity index (χ3v) is 5.97. The Hall–Kier alpha value is -2.61. The molecule has 8 heteroatoms. The van der Waals surface area contributed by atoms with E-state index >= 15 is 0 Å². The van der Waals surface area contributed by atoms with Gasteiger partial charge in [0.25, 0.3) is 0 Å². The summed E-state index contributed by atoms with van der Waals surface area (Å²) in [7, 11) is 0. The number of ether oxygens (including phenoxy) is 1. The summed E-state index contributed by atoms with van der Waals surface area (Å²) in [6.45, 7) is 12.5. The maximum Gasteiger partial charge on any atom is 0.337 e. The molecule has 5 nitrogen and oxygen atoms in total. The van der Waals surface area contributed by atoms with Crippen LogP contribution in [0.3, 0.4) is 0 Å². The quantitative estimate of drug-likeness (QED) is 0.547. The van der Waals surface area contributed by atoms with E-state index in [1.54, 1.807) is 27.7 Å². The van der Waals surface area contributed by atoms with Crippen LogP contribution in [0.25, 0.3) is 11.1 Å². The van der Waals surface area contributed by atoms with E-state index in [1.807, 2.05) is 4.90 Å². The number of hydrogen-bond acceptors (Lipinski definition) is 4. The second-order valence-corrected chi connectivity index (χ2v) is 10.4. The number of carboxylic acid groups (broad SMARTS) is 1. The Balaban J connectivity index is 2.28. The molecular weight excluding hydrogens is 433 g/mol. The van der Waals surface area contributed by atoms with Crippen LogP contribution in [0.4, 0.5) is 18.9 Å². The molecular formula is C25H31F3N2O3. The van der Waals surface area contributed by atoms with Gasteiger partial charge in [-0.05, 0) is 63.6 Å². The molecule has 0 bridgehead atoms. The Morgan fingerprint density at radius 1 is 1.15 bits per heavy atom. The summed E-state index contributed by atoms with van der Waals surface area (Å²) in [5.74, 6) is -5.39. The van der Waals surface area contributed by atoms with E-state index in [9.17, 15) is 23.1 Å². The van der Waals surface area contributed by atoms with Gasteiger partial charge < -0.3 is 14.7 Å². The van der Waals surface area contributed by atoms with E-state index in [4.69, 9.17) is 4.74 Å². The van der Waals surface area contributed by atoms with E-state index < -0.39 is 35.1 Å². The molecule has 180 valence electrons. The Bertz CT molecular complexity index is 1030. The molecule has 0 radical (unpaired) electrons. The molecule has 1 aliphatic rings. The number of carbonyl (C=O) groups is 1. The molecule has 33 heavy (non-hydrogen) atoms. The van der Waals surface area contributed by atoms with E-state index in [-0.39, 0.29) is 11.0 Å². The van der Waals surface area contributed by atoms with Crippen LogP contribution >= 0.6 is 0 Å². The van der Waals surface area contributed by atoms with Crippen molar-refractivity contribution in [1.29, 1.82) is 0 Å². The average molecular weight is 465 g/mol. The predicted octanol–water partition coefficient (Wildman–Crippen LogP) is 6.04. The van der Waals surface area contributed by atoms with Crippen LogP contribution < -0.4 is 4.90 Å². The second-order valence-electron chi connectivity index (χ2n) is 10.4. The Morgan fingerprint density at radius 3 is 2.18 bits per heavy atom. The fourth-order valence-electron chi connectivity index (χ4n) is 4.11. The monoisotopic (exact) mass is 464 g/mol. The standard InChI is InChI=1S/C25H31F3N2O3/c1-14-19(22(23(31)32)33-24(2,3)4)21(30-9-7-25(5,6)8-10-30)16(13-29-14)15-11-17(26)20(28)18(27)12-15/h11-13,22H,7-10H2,1-6H3,(H,31,32). The molecule has 2 heterocycles. The van der Waals surface area contributed by atoms with E-state index in [0.29, 0.717) is 35.6 Å². The van der Waals surface area contributed by atoms with Gasteiger partial charge in [0.1, 0.15) is 0 Å². The molecule has 1 fully saturated rings. The van der Waals surface area contributed by atoms with Gasteiger partial charge >= 0.3 is 5.97 Å². The molecule has 2 aromatic rings. The number of hydrogen-bond donors (Lipinski definition) is 1. The minimum absolute atomic E-state index is 0.0832. The number of piperidine rings is 1. The predicted molar refractivity (Wildman–Crippen MR) is 121 cm³/mol. The average Bonchev–Trinajstić information content (AvgIpc) is 2.69. The number of benzene rings is 1. The number of aryl methyl sites for hydroxylation is 1. The fraction of sp³-hybridized carbons (Fsp3) is 0.520. The molecule has 0 amide bonds. The summed E-state index contributed by atoms with van der Waals surface area (Å²) in [5, 5.41) is 10.1. The molecule has 0 spiro atoms. The number of halogens is 3. The number of rotatable bonds is 5. The van der Waals surface area contributed by atoms with Crippen LogP contribution in [0.15, 0.2) is 18.3 Å². The lowest BCUT2D eigenvalue weighted by molar-refractivity contribution is -0.160. The lowest BCUT2D eigenvalue weighted by atomic mass is 9.82. The first-order valence-electron chi connectivity index (χ1n) is 11.0. The summed E-state index contributed by atoms with van der Waals surface area (Å²) < 4.78 is 47.8. The van der Waals surface area contributed by atoms with Gasteiger partial charge in [0, 0.05) is 36.1 Å². The van der Waals surface area contributed by atoms with Crippen molar-refractivity contribution >= 4 is 11.7 Å². The number of nitrogens with zero attached hydrogens (tertiary/aromatic N) is 2. The van der Waals surface area contributed by atoms with Gasteiger partial charge in [-0.3, -0.25) is 4.98 Å². The number of anilines is 1. The maximum absolute atomic E-state index is 14.1. The lowest BCUT2D eigenvalue weighted by Gasteiger charge is -2.41. The maximum atomic E-state index is 14.1. The van der Waals surface area contributed by atoms with Crippen molar-refractivity contribution in [2.75, 3.05) is 18.0 Å². The van der Waals surface area contributed by atoms with Gasteiger partial charge in [0.15, 0.2) is 23.6 Å². The Labute approximate surface area is 192 Å². The van der Waals surface area contributed by atoms with Crippen LogP contribution in [0.2, 0.25) is 0 Å². The summed E-state index contributed by atoms with van der Waals surface area (Å²) in [5.41, 5.74) is 1.02. The number of aromatic nitrogens is 1. The lowest BCUT2D eigenvalue weighted by Crippen LogP contribution is -2.39. The minimum atomic E-state index is -1.56. The van der Waals surface area contributed by atoms with Crippen molar-refractivity contribution in [2.24, 2.45) is 5.41 Å². The number of carboxylic acids is 1. The first-order chi connectivity index (χ1) is 15.2. The zero-order valence-electron chi connectivity index (χ0n) is 19.9. The zero-order valence-corrected chi connectivity index (χ0v) is 19.9. The SMILES string of the molecule is Cc1ncc(-c2cc(F)c(F)c(F)c2)c(N2CCC(C)(C)CC2)c1C(OC(C)(C)C)C(=O)O. The van der Waals surface area contributed by atoms with Gasteiger partial charge in [0.05, 0.1) is 11.3 Å². The van der Waals surface area contributed by atoms with E-state index in [2.05, 4.69) is 18.8 Å². The summed E-state index contributed by atoms with van der Waals surface area (Å²) in [6.07, 6.45) is 1.79. The molecule has 0 aliphatic carbocycles. The highest BCUT2D eigenvalue weighted by Crippen LogP contribution is 2.43. The van der Waals surface area contributed by atoms with Crippen LogP contribution in [-0.4, -0.2) is 34.8 Å². The van der Waals surface area contributed by atoms with Crippen molar-refractivity contribution in [3.05, 3.63) is 47.0 Å². The van der Waals surface area contributed by atoms with Gasteiger partial charge in [-0.15, -0.1) is 0 Å². The van der Waals surface area contributed by atoms with Gasteiger partial charge in [-0.25, -0.2) is 18.0 Å². The highest BCUT2D eigenvalue weighted by atomic mass is 19.2. The number of pyridine rings is 1. The van der Waals surface area contributed by atoms with E-state index in [1.165, 1.54) is 6.20 Å². The first-order valence-corrected chi connectivity index (χ1v) is 11.0. The molecule has 1 unspecified atom stereocenters. The minimum Gasteiger partial charge on any atom is -0.479 e. The summed E-state index contributed by atoms with van der Waals surface area (Å²) >= 11 is 0. The van der Waals surface area contributed by atoms with Gasteiger partial charge in [0.2, 0.25) is 0 Å². The van der Waals surface area contributed by atoms with Crippen molar-refractivity contribution in [1.82, 2.24) is 4.98 Å². The van der Waals surface area contributed by atoms with Crippen molar-refractivity contribution < 1.29 is 27.8 Å². The Kier molecular flexibility index (Phi) is 6.80. The molecule has 3 rings (SSSR count). The number of aliphatic carboxylic acids is 1. The normalized spacial score (nSPS) is 17.2. The van der Waals surface area contributed by atoms with E-state index in [0.717, 1.165) is 25.0 Å². The van der Waals surface area contributed by atoms with Crippen LogP contribution in [0, 0.1) is 29.8 Å². The highest BCUT2D eigenvalue weighted by Gasteiger charge is 2.36. The van der Waals surface area contributed by atoms with Crippen molar-refractivity contribution in [2.45, 2.75) is 66.1 Å². The third kappa shape index (κ3) is 5.49. The smallest absolute Gasteiger partial charge is 0.337 e. The van der Waals surface area contributed by atoms with Crippen LogP contribution in [-0.2, 0) is 9.53 Å². The topological polar surface area (TPSA) is 62.7 Å². The molecule has 1 N–H and O–H groups in total. The molecule has 1 aliphatic heterocycles.